The van der Waals surface area contributed by atoms with Crippen molar-refractivity contribution in [3.8, 4) is 0 Å². The Hall–Kier alpha value is -0.450. The second-order valence-electron chi connectivity index (χ2n) is 7.00. The molecule has 1 N–H and O–H groups in total. The predicted octanol–water partition coefficient (Wildman–Crippen LogP) is 3.50. The van der Waals surface area contributed by atoms with Crippen molar-refractivity contribution in [1.29, 1.82) is 0 Å². The highest BCUT2D eigenvalue weighted by Crippen LogP contribution is 2.23. The number of thiazole rings is 1. The fourth-order valence-corrected chi connectivity index (χ4v) is 3.66. The van der Waals surface area contributed by atoms with Crippen molar-refractivity contribution >= 4 is 11.3 Å². The number of likely N-dealkylation sites (tertiary alicyclic amines) is 1. The van der Waals surface area contributed by atoms with Crippen LogP contribution in [-0.2, 0) is 6.54 Å². The largest absolute Gasteiger partial charge is 0.311 e. The average Bonchev–Trinajstić information content (AvgIpc) is 2.66. The van der Waals surface area contributed by atoms with Gasteiger partial charge in [-0.3, -0.25) is 4.90 Å². The second kappa shape index (κ2) is 6.54. The van der Waals surface area contributed by atoms with Crippen LogP contribution in [0.5, 0.6) is 0 Å². The van der Waals surface area contributed by atoms with Crippen molar-refractivity contribution in [2.45, 2.75) is 72.0 Å². The van der Waals surface area contributed by atoms with E-state index < -0.39 is 0 Å². The molecule has 1 unspecified atom stereocenters. The Morgan fingerprint density at radius 3 is 2.65 bits per heavy atom. The highest BCUT2D eigenvalue weighted by molar-refractivity contribution is 7.11. The third kappa shape index (κ3) is 4.54. The van der Waals surface area contributed by atoms with Gasteiger partial charge in [-0.15, -0.1) is 11.3 Å². The van der Waals surface area contributed by atoms with Gasteiger partial charge in [0.05, 0.1) is 12.2 Å². The summed E-state index contributed by atoms with van der Waals surface area (Å²) in [6, 6.07) is 0.660. The van der Waals surface area contributed by atoms with Crippen LogP contribution >= 0.6 is 11.3 Å². The lowest BCUT2D eigenvalue weighted by Gasteiger charge is -2.37. The molecule has 3 nitrogen and oxygen atoms in total. The van der Waals surface area contributed by atoms with Gasteiger partial charge in [0, 0.05) is 23.0 Å². The molecule has 0 aromatic carbocycles. The first-order valence-electron chi connectivity index (χ1n) is 7.77. The highest BCUT2D eigenvalue weighted by Gasteiger charge is 2.24. The number of aryl methyl sites for hydroxylation is 2. The SMILES string of the molecule is Cc1nc(CN2CCCCC2CNC(C)(C)C)sc1C. The minimum absolute atomic E-state index is 0.206. The first-order valence-corrected chi connectivity index (χ1v) is 8.59. The van der Waals surface area contributed by atoms with Gasteiger partial charge >= 0.3 is 0 Å². The first-order chi connectivity index (χ1) is 9.35. The van der Waals surface area contributed by atoms with Crippen LogP contribution in [0, 0.1) is 13.8 Å². The van der Waals surface area contributed by atoms with Crippen LogP contribution < -0.4 is 5.32 Å². The van der Waals surface area contributed by atoms with E-state index in [-0.39, 0.29) is 5.54 Å². The molecule has 2 rings (SSSR count). The van der Waals surface area contributed by atoms with E-state index in [1.165, 1.54) is 41.4 Å². The summed E-state index contributed by atoms with van der Waals surface area (Å²) in [4.78, 5) is 8.69. The van der Waals surface area contributed by atoms with Gasteiger partial charge in [0.25, 0.3) is 0 Å². The molecule has 1 aromatic rings. The maximum atomic E-state index is 4.70. The van der Waals surface area contributed by atoms with Gasteiger partial charge in [-0.05, 0) is 54.0 Å². The molecule has 2 heterocycles. The van der Waals surface area contributed by atoms with Crippen LogP contribution in [0.2, 0.25) is 0 Å². The van der Waals surface area contributed by atoms with Crippen LogP contribution in [0.3, 0.4) is 0 Å². The van der Waals surface area contributed by atoms with Crippen LogP contribution in [0.15, 0.2) is 0 Å². The topological polar surface area (TPSA) is 28.2 Å². The number of rotatable bonds is 4. The quantitative estimate of drug-likeness (QED) is 0.921. The summed E-state index contributed by atoms with van der Waals surface area (Å²) in [5.74, 6) is 0. The fraction of sp³-hybridized carbons (Fsp3) is 0.812. The lowest BCUT2D eigenvalue weighted by Crippen LogP contribution is -2.49. The molecule has 0 radical (unpaired) electrons. The van der Waals surface area contributed by atoms with Crippen molar-refractivity contribution in [2.75, 3.05) is 13.1 Å². The average molecular weight is 295 g/mol. The summed E-state index contributed by atoms with van der Waals surface area (Å²) in [6.45, 7) is 14.3. The maximum Gasteiger partial charge on any atom is 0.107 e. The van der Waals surface area contributed by atoms with Crippen LogP contribution in [-0.4, -0.2) is 34.6 Å². The van der Waals surface area contributed by atoms with Crippen LogP contribution in [0.4, 0.5) is 0 Å². The Morgan fingerprint density at radius 1 is 1.30 bits per heavy atom. The molecule has 1 atom stereocenters. The van der Waals surface area contributed by atoms with Crippen molar-refractivity contribution in [3.05, 3.63) is 15.6 Å². The molecule has 1 fully saturated rings. The third-order valence-corrected chi connectivity index (χ3v) is 5.09. The van der Waals surface area contributed by atoms with Crippen molar-refractivity contribution in [1.82, 2.24) is 15.2 Å². The lowest BCUT2D eigenvalue weighted by atomic mass is 10.0. The van der Waals surface area contributed by atoms with E-state index in [2.05, 4.69) is 44.8 Å². The van der Waals surface area contributed by atoms with Crippen LogP contribution in [0.1, 0.15) is 55.6 Å². The zero-order valence-corrected chi connectivity index (χ0v) is 14.4. The lowest BCUT2D eigenvalue weighted by molar-refractivity contribution is 0.131. The molecule has 0 spiro atoms. The van der Waals surface area contributed by atoms with Crippen molar-refractivity contribution in [3.63, 3.8) is 0 Å². The molecule has 114 valence electrons. The summed E-state index contributed by atoms with van der Waals surface area (Å²) in [7, 11) is 0. The zero-order chi connectivity index (χ0) is 14.8. The number of piperidine rings is 1. The molecular weight excluding hydrogens is 266 g/mol. The highest BCUT2D eigenvalue weighted by atomic mass is 32.1. The molecule has 1 aliphatic heterocycles. The number of nitrogens with one attached hydrogen (secondary N) is 1. The maximum absolute atomic E-state index is 4.70. The molecule has 1 saturated heterocycles. The Balaban J connectivity index is 1.96. The molecular formula is C16H29N3S. The third-order valence-electron chi connectivity index (χ3n) is 4.03. The van der Waals surface area contributed by atoms with Gasteiger partial charge in [0.1, 0.15) is 5.01 Å². The van der Waals surface area contributed by atoms with E-state index in [1.807, 2.05) is 11.3 Å². The number of aromatic nitrogens is 1. The Bertz CT molecular complexity index is 414. The van der Waals surface area contributed by atoms with Gasteiger partial charge < -0.3 is 5.32 Å². The van der Waals surface area contributed by atoms with Gasteiger partial charge in [0.15, 0.2) is 0 Å². The first kappa shape index (κ1) is 15.9. The van der Waals surface area contributed by atoms with E-state index in [9.17, 15) is 0 Å². The van der Waals surface area contributed by atoms with Gasteiger partial charge in [-0.2, -0.15) is 0 Å². The molecule has 1 aromatic heterocycles. The van der Waals surface area contributed by atoms with Gasteiger partial charge in [-0.1, -0.05) is 6.42 Å². The normalized spacial score (nSPS) is 21.4. The Morgan fingerprint density at radius 2 is 2.05 bits per heavy atom. The van der Waals surface area contributed by atoms with Crippen molar-refractivity contribution < 1.29 is 0 Å². The summed E-state index contributed by atoms with van der Waals surface area (Å²) in [5.41, 5.74) is 1.41. The predicted molar refractivity (Wildman–Crippen MR) is 87.4 cm³/mol. The van der Waals surface area contributed by atoms with Gasteiger partial charge in [-0.25, -0.2) is 4.98 Å². The van der Waals surface area contributed by atoms with E-state index in [0.717, 1.165) is 13.1 Å². The van der Waals surface area contributed by atoms with E-state index >= 15 is 0 Å². The Labute approximate surface area is 127 Å². The second-order valence-corrected chi connectivity index (χ2v) is 8.29. The molecule has 0 saturated carbocycles. The van der Waals surface area contributed by atoms with Crippen LogP contribution in [0.25, 0.3) is 0 Å². The van der Waals surface area contributed by atoms with E-state index in [0.29, 0.717) is 6.04 Å². The monoisotopic (exact) mass is 295 g/mol. The zero-order valence-electron chi connectivity index (χ0n) is 13.6. The minimum atomic E-state index is 0.206. The number of nitrogens with zero attached hydrogens (tertiary/aromatic N) is 2. The molecule has 0 bridgehead atoms. The van der Waals surface area contributed by atoms with Crippen molar-refractivity contribution in [2.24, 2.45) is 0 Å². The Kier molecular flexibility index (Phi) is 5.21. The minimum Gasteiger partial charge on any atom is -0.311 e. The molecule has 0 amide bonds. The smallest absolute Gasteiger partial charge is 0.107 e. The summed E-state index contributed by atoms with van der Waals surface area (Å²) in [6.07, 6.45) is 4.00. The summed E-state index contributed by atoms with van der Waals surface area (Å²) in [5, 5.41) is 4.95. The molecule has 4 heteroatoms. The molecule has 1 aliphatic rings. The van der Waals surface area contributed by atoms with E-state index in [1.54, 1.807) is 0 Å². The summed E-state index contributed by atoms with van der Waals surface area (Å²) < 4.78 is 0. The fourth-order valence-electron chi connectivity index (χ4n) is 2.70. The molecule has 20 heavy (non-hydrogen) atoms. The molecule has 0 aliphatic carbocycles. The standard InChI is InChI=1S/C16H29N3S/c1-12-13(2)20-15(18-12)11-19-9-7-6-8-14(19)10-17-16(3,4)5/h14,17H,6-11H2,1-5H3. The number of hydrogen-bond donors (Lipinski definition) is 1. The summed E-state index contributed by atoms with van der Waals surface area (Å²) >= 11 is 1.86. The van der Waals surface area contributed by atoms with E-state index in [4.69, 9.17) is 4.98 Å². The number of hydrogen-bond acceptors (Lipinski definition) is 4. The van der Waals surface area contributed by atoms with Gasteiger partial charge in [0.2, 0.25) is 0 Å².